The van der Waals surface area contributed by atoms with Gasteiger partial charge < -0.3 is 10.6 Å². The topological polar surface area (TPSA) is 74.3 Å². The molecular weight excluding hydrogens is 360 g/mol. The van der Waals surface area contributed by atoms with Crippen molar-refractivity contribution in [1.29, 1.82) is 0 Å². The quantitative estimate of drug-likeness (QED) is 0.767. The molecule has 6 nitrogen and oxygen atoms in total. The summed E-state index contributed by atoms with van der Waals surface area (Å²) in [6.45, 7) is 5.65. The number of likely N-dealkylation sites (tertiary alicyclic amines) is 1. The van der Waals surface area contributed by atoms with Crippen molar-refractivity contribution < 1.29 is 9.59 Å². The third-order valence-electron chi connectivity index (χ3n) is 4.60. The minimum absolute atomic E-state index is 0.143. The number of benzene rings is 1. The molecule has 0 radical (unpaired) electrons. The number of thiazole rings is 1. The second kappa shape index (κ2) is 9.62. The van der Waals surface area contributed by atoms with Gasteiger partial charge in [0.15, 0.2) is 5.13 Å². The summed E-state index contributed by atoms with van der Waals surface area (Å²) in [4.78, 5) is 31.0. The molecule has 0 aliphatic carbocycles. The molecule has 2 heterocycles. The molecule has 3 rings (SSSR count). The van der Waals surface area contributed by atoms with Crippen LogP contribution in [0.1, 0.15) is 42.2 Å². The molecule has 1 aliphatic rings. The third-order valence-corrected chi connectivity index (χ3v) is 5.40. The maximum absolute atomic E-state index is 12.1. The van der Waals surface area contributed by atoms with E-state index in [4.69, 9.17) is 0 Å². The van der Waals surface area contributed by atoms with E-state index < -0.39 is 0 Å². The summed E-state index contributed by atoms with van der Waals surface area (Å²) in [5, 5.41) is 8.20. The van der Waals surface area contributed by atoms with Gasteiger partial charge in [-0.2, -0.15) is 0 Å². The number of carbonyl (C=O) groups excluding carboxylic acids is 2. The van der Waals surface area contributed by atoms with E-state index >= 15 is 0 Å². The first kappa shape index (κ1) is 19.5. The Kier molecular flexibility index (Phi) is 6.95. The summed E-state index contributed by atoms with van der Waals surface area (Å²) >= 11 is 1.45. The van der Waals surface area contributed by atoms with Crippen molar-refractivity contribution in [3.8, 4) is 0 Å². The smallest absolute Gasteiger partial charge is 0.251 e. The Morgan fingerprint density at radius 3 is 2.89 bits per heavy atom. The molecule has 144 valence electrons. The van der Waals surface area contributed by atoms with Crippen molar-refractivity contribution in [1.82, 2.24) is 15.2 Å². The number of aromatic nitrogens is 1. The highest BCUT2D eigenvalue weighted by Gasteiger charge is 2.17. The number of hydrogen-bond donors (Lipinski definition) is 2. The Bertz CT molecular complexity index is 762. The summed E-state index contributed by atoms with van der Waals surface area (Å²) in [5.41, 5.74) is 1.59. The molecule has 27 heavy (non-hydrogen) atoms. The maximum atomic E-state index is 12.1. The van der Waals surface area contributed by atoms with E-state index in [2.05, 4.69) is 27.4 Å². The first-order valence-electron chi connectivity index (χ1n) is 9.40. The molecule has 1 atom stereocenters. The SMILES string of the molecule is CC1CCCN(Cc2csc(NC(=O)CCNC(=O)c3ccccc3)n2)C1. The van der Waals surface area contributed by atoms with Crippen LogP contribution in [0.15, 0.2) is 35.7 Å². The summed E-state index contributed by atoms with van der Waals surface area (Å²) in [6.07, 6.45) is 2.76. The highest BCUT2D eigenvalue weighted by molar-refractivity contribution is 7.13. The molecule has 2 N–H and O–H groups in total. The molecule has 1 saturated heterocycles. The number of anilines is 1. The van der Waals surface area contributed by atoms with Gasteiger partial charge in [-0.15, -0.1) is 11.3 Å². The second-order valence-electron chi connectivity index (χ2n) is 7.05. The summed E-state index contributed by atoms with van der Waals surface area (Å²) < 4.78 is 0. The van der Waals surface area contributed by atoms with Gasteiger partial charge in [-0.1, -0.05) is 25.1 Å². The highest BCUT2D eigenvalue weighted by atomic mass is 32.1. The van der Waals surface area contributed by atoms with E-state index in [-0.39, 0.29) is 18.2 Å². The first-order valence-corrected chi connectivity index (χ1v) is 10.3. The summed E-state index contributed by atoms with van der Waals surface area (Å²) in [6, 6.07) is 8.97. The van der Waals surface area contributed by atoms with Crippen LogP contribution >= 0.6 is 11.3 Å². The predicted octanol–water partition coefficient (Wildman–Crippen LogP) is 3.13. The van der Waals surface area contributed by atoms with Gasteiger partial charge >= 0.3 is 0 Å². The first-order chi connectivity index (χ1) is 13.1. The standard InChI is InChI=1S/C20H26N4O2S/c1-15-6-5-11-24(12-15)13-17-14-27-20(22-17)23-18(25)9-10-21-19(26)16-7-3-2-4-8-16/h2-4,7-8,14-15H,5-6,9-13H2,1H3,(H,21,26)(H,22,23,25). The number of amides is 2. The van der Waals surface area contributed by atoms with Crippen molar-refractivity contribution in [3.05, 3.63) is 47.0 Å². The maximum Gasteiger partial charge on any atom is 0.251 e. The van der Waals surface area contributed by atoms with E-state index in [0.29, 0.717) is 17.2 Å². The Labute approximate surface area is 164 Å². The predicted molar refractivity (Wildman–Crippen MR) is 108 cm³/mol. The van der Waals surface area contributed by atoms with E-state index in [1.807, 2.05) is 23.6 Å². The number of nitrogens with one attached hydrogen (secondary N) is 2. The van der Waals surface area contributed by atoms with Crippen LogP contribution in [0.25, 0.3) is 0 Å². The van der Waals surface area contributed by atoms with Crippen LogP contribution in [-0.2, 0) is 11.3 Å². The minimum atomic E-state index is -0.171. The van der Waals surface area contributed by atoms with Crippen molar-refractivity contribution in [2.75, 3.05) is 25.0 Å². The van der Waals surface area contributed by atoms with E-state index in [9.17, 15) is 9.59 Å². The molecular formula is C20H26N4O2S. The molecule has 1 aromatic carbocycles. The fraction of sp³-hybridized carbons (Fsp3) is 0.450. The Balaban J connectivity index is 1.39. The van der Waals surface area contributed by atoms with Crippen LogP contribution in [0.4, 0.5) is 5.13 Å². The Morgan fingerprint density at radius 1 is 1.30 bits per heavy atom. The molecule has 2 amide bonds. The van der Waals surface area contributed by atoms with E-state index in [1.54, 1.807) is 12.1 Å². The van der Waals surface area contributed by atoms with Crippen LogP contribution in [-0.4, -0.2) is 41.3 Å². The van der Waals surface area contributed by atoms with Crippen LogP contribution in [0.3, 0.4) is 0 Å². The van der Waals surface area contributed by atoms with Crippen molar-refractivity contribution in [2.45, 2.75) is 32.7 Å². The monoisotopic (exact) mass is 386 g/mol. The molecule has 0 bridgehead atoms. The van der Waals surface area contributed by atoms with Crippen molar-refractivity contribution >= 4 is 28.3 Å². The molecule has 0 spiro atoms. The van der Waals surface area contributed by atoms with Crippen LogP contribution in [0.2, 0.25) is 0 Å². The summed E-state index contributed by atoms with van der Waals surface area (Å²) in [7, 11) is 0. The number of nitrogens with zero attached hydrogens (tertiary/aromatic N) is 2. The van der Waals surface area contributed by atoms with Crippen LogP contribution < -0.4 is 10.6 Å². The fourth-order valence-corrected chi connectivity index (χ4v) is 3.98. The number of hydrogen-bond acceptors (Lipinski definition) is 5. The van der Waals surface area contributed by atoms with Gasteiger partial charge in [-0.05, 0) is 37.4 Å². The lowest BCUT2D eigenvalue weighted by molar-refractivity contribution is -0.116. The largest absolute Gasteiger partial charge is 0.352 e. The minimum Gasteiger partial charge on any atom is -0.352 e. The molecule has 7 heteroatoms. The highest BCUT2D eigenvalue weighted by Crippen LogP contribution is 2.20. The van der Waals surface area contributed by atoms with Gasteiger partial charge in [0.05, 0.1) is 5.69 Å². The zero-order valence-corrected chi connectivity index (χ0v) is 16.4. The molecule has 1 aromatic heterocycles. The number of carbonyl (C=O) groups is 2. The zero-order chi connectivity index (χ0) is 19.1. The van der Waals surface area contributed by atoms with Crippen LogP contribution in [0.5, 0.6) is 0 Å². The van der Waals surface area contributed by atoms with Gasteiger partial charge in [0, 0.05) is 37.0 Å². The average molecular weight is 387 g/mol. The zero-order valence-electron chi connectivity index (χ0n) is 15.6. The Morgan fingerprint density at radius 2 is 2.11 bits per heavy atom. The van der Waals surface area contributed by atoms with E-state index in [0.717, 1.165) is 31.2 Å². The molecule has 1 fully saturated rings. The fourth-order valence-electron chi connectivity index (χ4n) is 3.26. The molecule has 2 aromatic rings. The molecule has 1 aliphatic heterocycles. The lowest BCUT2D eigenvalue weighted by Crippen LogP contribution is -2.33. The van der Waals surface area contributed by atoms with Gasteiger partial charge in [0.2, 0.25) is 5.91 Å². The third kappa shape index (κ3) is 6.15. The van der Waals surface area contributed by atoms with Gasteiger partial charge in [0.25, 0.3) is 5.91 Å². The average Bonchev–Trinajstić information content (AvgIpc) is 3.09. The van der Waals surface area contributed by atoms with Gasteiger partial charge in [0.1, 0.15) is 0 Å². The van der Waals surface area contributed by atoms with Crippen molar-refractivity contribution in [2.24, 2.45) is 5.92 Å². The number of rotatable bonds is 7. The Hall–Kier alpha value is -2.25. The normalized spacial score (nSPS) is 17.4. The molecule has 1 unspecified atom stereocenters. The van der Waals surface area contributed by atoms with Gasteiger partial charge in [-0.3, -0.25) is 14.5 Å². The lowest BCUT2D eigenvalue weighted by atomic mass is 10.0. The lowest BCUT2D eigenvalue weighted by Gasteiger charge is -2.30. The van der Waals surface area contributed by atoms with E-state index in [1.165, 1.54) is 24.2 Å². The summed E-state index contributed by atoms with van der Waals surface area (Å²) in [5.74, 6) is 0.425. The second-order valence-corrected chi connectivity index (χ2v) is 7.90. The van der Waals surface area contributed by atoms with Crippen LogP contribution in [0, 0.1) is 5.92 Å². The van der Waals surface area contributed by atoms with Gasteiger partial charge in [-0.25, -0.2) is 4.98 Å². The molecule has 0 saturated carbocycles. The number of piperidine rings is 1. The van der Waals surface area contributed by atoms with Crippen molar-refractivity contribution in [3.63, 3.8) is 0 Å².